The summed E-state index contributed by atoms with van der Waals surface area (Å²) in [6, 6.07) is 15.7. The third-order valence-electron chi connectivity index (χ3n) is 3.25. The summed E-state index contributed by atoms with van der Waals surface area (Å²) in [5, 5.41) is 26.7. The molecule has 0 radical (unpaired) electrons. The average molecular weight is 331 g/mol. The molecule has 0 fully saturated rings. The van der Waals surface area contributed by atoms with E-state index in [0.717, 1.165) is 5.75 Å². The lowest BCUT2D eigenvalue weighted by Crippen LogP contribution is -2.34. The van der Waals surface area contributed by atoms with Crippen LogP contribution in [0.3, 0.4) is 0 Å². The van der Waals surface area contributed by atoms with Crippen molar-refractivity contribution in [2.75, 3.05) is 31.6 Å². The van der Waals surface area contributed by atoms with E-state index in [2.05, 4.69) is 10.6 Å². The number of hydrogen-bond acceptors (Lipinski definition) is 6. The van der Waals surface area contributed by atoms with Crippen LogP contribution in [0.2, 0.25) is 0 Å². The number of rotatable bonds is 10. The van der Waals surface area contributed by atoms with E-state index in [9.17, 15) is 15.2 Å². The first-order chi connectivity index (χ1) is 11.6. The lowest BCUT2D eigenvalue weighted by atomic mass is 10.3. The number of nitrogens with zero attached hydrogens (tertiary/aromatic N) is 1. The van der Waals surface area contributed by atoms with Crippen LogP contribution in [0.4, 0.5) is 11.4 Å². The van der Waals surface area contributed by atoms with Crippen LogP contribution >= 0.6 is 0 Å². The van der Waals surface area contributed by atoms with Crippen molar-refractivity contribution in [3.05, 3.63) is 64.7 Å². The summed E-state index contributed by atoms with van der Waals surface area (Å²) in [5.74, 6) is 0.726. The number of hydrogen-bond donors (Lipinski definition) is 3. The van der Waals surface area contributed by atoms with Crippen molar-refractivity contribution in [1.29, 1.82) is 0 Å². The molecular formula is C17H21N3O4. The van der Waals surface area contributed by atoms with Crippen LogP contribution in [0.25, 0.3) is 0 Å². The van der Waals surface area contributed by atoms with Gasteiger partial charge in [0.15, 0.2) is 0 Å². The number of benzene rings is 2. The van der Waals surface area contributed by atoms with Crippen LogP contribution in [0, 0.1) is 10.1 Å². The fraction of sp³-hybridized carbons (Fsp3) is 0.294. The van der Waals surface area contributed by atoms with Gasteiger partial charge in [0.1, 0.15) is 18.5 Å². The van der Waals surface area contributed by atoms with E-state index < -0.39 is 11.0 Å². The molecule has 0 aliphatic heterocycles. The second kappa shape index (κ2) is 9.49. The van der Waals surface area contributed by atoms with Crippen LogP contribution in [0.1, 0.15) is 0 Å². The summed E-state index contributed by atoms with van der Waals surface area (Å²) in [6.07, 6.45) is -0.608. The van der Waals surface area contributed by atoms with Crippen LogP contribution in [0.15, 0.2) is 54.6 Å². The minimum Gasteiger partial charge on any atom is -0.491 e. The third-order valence-corrected chi connectivity index (χ3v) is 3.25. The summed E-state index contributed by atoms with van der Waals surface area (Å²) in [4.78, 5) is 10.3. The Morgan fingerprint density at radius 1 is 1.12 bits per heavy atom. The molecule has 0 aliphatic rings. The van der Waals surface area contributed by atoms with Gasteiger partial charge in [-0.15, -0.1) is 0 Å². The quantitative estimate of drug-likeness (QED) is 0.350. The Kier molecular flexibility index (Phi) is 7.00. The van der Waals surface area contributed by atoms with Crippen molar-refractivity contribution in [3.8, 4) is 5.75 Å². The monoisotopic (exact) mass is 331 g/mol. The molecule has 0 aliphatic carbocycles. The first-order valence-electron chi connectivity index (χ1n) is 7.70. The number of nitro groups is 1. The topological polar surface area (TPSA) is 96.7 Å². The normalized spacial score (nSPS) is 11.7. The van der Waals surface area contributed by atoms with Crippen molar-refractivity contribution < 1.29 is 14.8 Å². The largest absolute Gasteiger partial charge is 0.491 e. The van der Waals surface area contributed by atoms with E-state index in [1.54, 1.807) is 12.1 Å². The van der Waals surface area contributed by atoms with Gasteiger partial charge in [-0.05, 0) is 18.2 Å². The molecule has 0 bridgehead atoms. The molecule has 2 rings (SSSR count). The van der Waals surface area contributed by atoms with Crippen LogP contribution < -0.4 is 15.4 Å². The Morgan fingerprint density at radius 3 is 2.67 bits per heavy atom. The predicted molar refractivity (Wildman–Crippen MR) is 92.4 cm³/mol. The van der Waals surface area contributed by atoms with Gasteiger partial charge in [-0.1, -0.05) is 24.3 Å². The summed E-state index contributed by atoms with van der Waals surface area (Å²) < 4.78 is 5.46. The van der Waals surface area contributed by atoms with Gasteiger partial charge in [-0.3, -0.25) is 10.1 Å². The number of ether oxygens (including phenoxy) is 1. The molecule has 0 heterocycles. The molecule has 0 spiro atoms. The van der Waals surface area contributed by atoms with Gasteiger partial charge in [0.25, 0.3) is 5.69 Å². The molecule has 7 nitrogen and oxygen atoms in total. The molecule has 3 N–H and O–H groups in total. The molecule has 1 atom stereocenters. The Morgan fingerprint density at radius 2 is 1.92 bits per heavy atom. The highest BCUT2D eigenvalue weighted by atomic mass is 16.6. The molecule has 0 aromatic heterocycles. The highest BCUT2D eigenvalue weighted by Crippen LogP contribution is 2.16. The zero-order chi connectivity index (χ0) is 17.2. The van der Waals surface area contributed by atoms with E-state index in [4.69, 9.17) is 4.74 Å². The predicted octanol–water partition coefficient (Wildman–Crippen LogP) is 2.04. The maximum Gasteiger partial charge on any atom is 0.271 e. The van der Waals surface area contributed by atoms with Gasteiger partial charge in [0.2, 0.25) is 0 Å². The van der Waals surface area contributed by atoms with E-state index in [1.165, 1.54) is 12.1 Å². The molecule has 2 aromatic carbocycles. The zero-order valence-corrected chi connectivity index (χ0v) is 13.2. The second-order valence-corrected chi connectivity index (χ2v) is 5.22. The van der Waals surface area contributed by atoms with E-state index in [0.29, 0.717) is 25.3 Å². The molecule has 128 valence electrons. The summed E-state index contributed by atoms with van der Waals surface area (Å²) in [6.45, 7) is 1.83. The van der Waals surface area contributed by atoms with E-state index in [1.807, 2.05) is 30.3 Å². The van der Waals surface area contributed by atoms with Gasteiger partial charge in [0, 0.05) is 37.5 Å². The number of nitrogens with one attached hydrogen (secondary N) is 2. The highest BCUT2D eigenvalue weighted by Gasteiger charge is 2.06. The molecule has 0 amide bonds. The molecule has 24 heavy (non-hydrogen) atoms. The van der Waals surface area contributed by atoms with Crippen LogP contribution in [0.5, 0.6) is 5.75 Å². The van der Waals surface area contributed by atoms with Gasteiger partial charge < -0.3 is 20.5 Å². The Balaban J connectivity index is 1.59. The standard InChI is InChI=1S/C17H21N3O4/c21-16(13-24-17-7-2-1-3-8-17)12-18-9-10-19-14-5-4-6-15(11-14)20(22)23/h1-8,11,16,18-19,21H,9-10,12-13H2. The lowest BCUT2D eigenvalue weighted by molar-refractivity contribution is -0.384. The number of anilines is 1. The summed E-state index contributed by atoms with van der Waals surface area (Å²) in [5.41, 5.74) is 0.750. The molecular weight excluding hydrogens is 310 g/mol. The molecule has 2 aromatic rings. The van der Waals surface area contributed by atoms with Gasteiger partial charge in [-0.2, -0.15) is 0 Å². The first kappa shape index (κ1) is 17.7. The van der Waals surface area contributed by atoms with Crippen molar-refractivity contribution in [1.82, 2.24) is 5.32 Å². The Hall–Kier alpha value is -2.64. The Bertz CT molecular complexity index is 637. The number of non-ortho nitro benzene ring substituents is 1. The lowest BCUT2D eigenvalue weighted by Gasteiger charge is -2.13. The third kappa shape index (κ3) is 6.23. The van der Waals surface area contributed by atoms with Gasteiger partial charge in [0.05, 0.1) is 4.92 Å². The van der Waals surface area contributed by atoms with Crippen molar-refractivity contribution in [2.45, 2.75) is 6.10 Å². The maximum atomic E-state index is 10.7. The first-order valence-corrected chi connectivity index (χ1v) is 7.70. The average Bonchev–Trinajstić information content (AvgIpc) is 2.61. The van der Waals surface area contributed by atoms with Crippen molar-refractivity contribution in [2.24, 2.45) is 0 Å². The second-order valence-electron chi connectivity index (χ2n) is 5.22. The smallest absolute Gasteiger partial charge is 0.271 e. The molecule has 1 unspecified atom stereocenters. The SMILES string of the molecule is O=[N+]([O-])c1cccc(NCCNCC(O)COc2ccccc2)c1. The number of nitro benzene ring substituents is 1. The number of para-hydroxylation sites is 1. The summed E-state index contributed by atoms with van der Waals surface area (Å²) in [7, 11) is 0. The van der Waals surface area contributed by atoms with E-state index >= 15 is 0 Å². The minimum atomic E-state index is -0.608. The van der Waals surface area contributed by atoms with Gasteiger partial charge in [-0.25, -0.2) is 0 Å². The summed E-state index contributed by atoms with van der Waals surface area (Å²) >= 11 is 0. The zero-order valence-electron chi connectivity index (χ0n) is 13.2. The van der Waals surface area contributed by atoms with Crippen LogP contribution in [-0.4, -0.2) is 42.4 Å². The van der Waals surface area contributed by atoms with Crippen molar-refractivity contribution in [3.63, 3.8) is 0 Å². The van der Waals surface area contributed by atoms with Crippen molar-refractivity contribution >= 4 is 11.4 Å². The highest BCUT2D eigenvalue weighted by molar-refractivity contribution is 5.50. The molecule has 0 saturated carbocycles. The van der Waals surface area contributed by atoms with Crippen LogP contribution in [-0.2, 0) is 0 Å². The molecule has 0 saturated heterocycles. The number of aliphatic hydroxyl groups is 1. The van der Waals surface area contributed by atoms with Gasteiger partial charge >= 0.3 is 0 Å². The van der Waals surface area contributed by atoms with E-state index in [-0.39, 0.29) is 12.3 Å². The Labute approximate surface area is 140 Å². The fourth-order valence-electron chi connectivity index (χ4n) is 2.06. The molecule has 7 heteroatoms. The fourth-order valence-corrected chi connectivity index (χ4v) is 2.06. The number of aliphatic hydroxyl groups excluding tert-OH is 1. The minimum absolute atomic E-state index is 0.0569. The maximum absolute atomic E-state index is 10.7.